The van der Waals surface area contributed by atoms with E-state index in [9.17, 15) is 4.79 Å². The molecule has 146 valence electrons. The minimum Gasteiger partial charge on any atom is -0.497 e. The Morgan fingerprint density at radius 2 is 2.17 bits per heavy atom. The van der Waals surface area contributed by atoms with Crippen LogP contribution in [0.2, 0.25) is 0 Å². The van der Waals surface area contributed by atoms with Gasteiger partial charge in [-0.1, -0.05) is 6.07 Å². The quantitative estimate of drug-likeness (QED) is 0.562. The van der Waals surface area contributed by atoms with E-state index < -0.39 is 0 Å². The zero-order valence-electron chi connectivity index (χ0n) is 16.1. The molecule has 5 rings (SSSR count). The molecule has 0 unspecified atom stereocenters. The molecule has 0 fully saturated rings. The SMILES string of the molecule is COc1ccc2c(CN3CCc4c(nc(-c5ccccn5)[nH]c4=O)C3)c[nH]c2c1. The summed E-state index contributed by atoms with van der Waals surface area (Å²) < 4.78 is 5.30. The first-order valence-corrected chi connectivity index (χ1v) is 9.61. The van der Waals surface area contributed by atoms with Crippen LogP contribution in [0.1, 0.15) is 16.8 Å². The van der Waals surface area contributed by atoms with Crippen molar-refractivity contribution >= 4 is 10.9 Å². The van der Waals surface area contributed by atoms with Crippen LogP contribution >= 0.6 is 0 Å². The van der Waals surface area contributed by atoms with Crippen LogP contribution in [0.3, 0.4) is 0 Å². The molecule has 3 aromatic heterocycles. The number of H-pyrrole nitrogens is 2. The Hall–Kier alpha value is -3.45. The predicted molar refractivity (Wildman–Crippen MR) is 111 cm³/mol. The van der Waals surface area contributed by atoms with Gasteiger partial charge in [-0.15, -0.1) is 0 Å². The van der Waals surface area contributed by atoms with E-state index in [0.717, 1.165) is 35.6 Å². The fraction of sp³-hybridized carbons (Fsp3) is 0.227. The van der Waals surface area contributed by atoms with E-state index >= 15 is 0 Å². The van der Waals surface area contributed by atoms with E-state index in [1.807, 2.05) is 36.5 Å². The second-order valence-electron chi connectivity index (χ2n) is 7.24. The van der Waals surface area contributed by atoms with E-state index in [4.69, 9.17) is 9.72 Å². The maximum absolute atomic E-state index is 12.6. The summed E-state index contributed by atoms with van der Waals surface area (Å²) in [5.74, 6) is 1.36. The van der Waals surface area contributed by atoms with E-state index in [1.54, 1.807) is 13.3 Å². The van der Waals surface area contributed by atoms with Crippen molar-refractivity contribution in [1.29, 1.82) is 0 Å². The molecule has 1 aliphatic heterocycles. The Kier molecular flexibility index (Phi) is 4.37. The first kappa shape index (κ1) is 17.6. The molecule has 1 aromatic carbocycles. The third kappa shape index (κ3) is 3.30. The zero-order chi connectivity index (χ0) is 19.8. The lowest BCUT2D eigenvalue weighted by Crippen LogP contribution is -2.35. The summed E-state index contributed by atoms with van der Waals surface area (Å²) in [6, 6.07) is 11.7. The lowest BCUT2D eigenvalue weighted by atomic mass is 10.0. The molecule has 0 saturated carbocycles. The van der Waals surface area contributed by atoms with E-state index in [0.29, 0.717) is 24.5 Å². The fourth-order valence-corrected chi connectivity index (χ4v) is 3.92. The van der Waals surface area contributed by atoms with Crippen molar-refractivity contribution in [3.8, 4) is 17.3 Å². The number of methoxy groups -OCH3 is 1. The van der Waals surface area contributed by atoms with Crippen molar-refractivity contribution in [2.45, 2.75) is 19.5 Å². The highest BCUT2D eigenvalue weighted by Gasteiger charge is 2.22. The first-order chi connectivity index (χ1) is 14.2. The van der Waals surface area contributed by atoms with Crippen molar-refractivity contribution in [2.24, 2.45) is 0 Å². The largest absolute Gasteiger partial charge is 0.497 e. The Morgan fingerprint density at radius 1 is 1.24 bits per heavy atom. The Balaban J connectivity index is 1.42. The third-order valence-corrected chi connectivity index (χ3v) is 5.43. The number of rotatable bonds is 4. The van der Waals surface area contributed by atoms with Gasteiger partial charge in [0.2, 0.25) is 0 Å². The molecular formula is C22H21N5O2. The molecule has 0 atom stereocenters. The summed E-state index contributed by atoms with van der Waals surface area (Å²) >= 11 is 0. The molecule has 4 heterocycles. The second-order valence-corrected chi connectivity index (χ2v) is 7.24. The highest BCUT2D eigenvalue weighted by Crippen LogP contribution is 2.26. The van der Waals surface area contributed by atoms with Crippen LogP contribution in [-0.2, 0) is 19.5 Å². The third-order valence-electron chi connectivity index (χ3n) is 5.43. The maximum atomic E-state index is 12.6. The fourth-order valence-electron chi connectivity index (χ4n) is 3.92. The van der Waals surface area contributed by atoms with Crippen molar-refractivity contribution in [3.05, 3.63) is 76.0 Å². The van der Waals surface area contributed by atoms with E-state index in [1.165, 1.54) is 10.9 Å². The van der Waals surface area contributed by atoms with Crippen LogP contribution in [-0.4, -0.2) is 38.5 Å². The normalized spacial score (nSPS) is 14.1. The van der Waals surface area contributed by atoms with Gasteiger partial charge >= 0.3 is 0 Å². The molecule has 0 aliphatic carbocycles. The van der Waals surface area contributed by atoms with Crippen molar-refractivity contribution in [1.82, 2.24) is 24.8 Å². The van der Waals surface area contributed by atoms with Gasteiger partial charge in [0.25, 0.3) is 5.56 Å². The molecule has 2 N–H and O–H groups in total. The van der Waals surface area contributed by atoms with Gasteiger partial charge in [0, 0.05) is 54.6 Å². The number of fused-ring (bicyclic) bond motifs is 2. The van der Waals surface area contributed by atoms with Gasteiger partial charge in [0.05, 0.1) is 12.8 Å². The number of ether oxygens (including phenoxy) is 1. The number of aromatic nitrogens is 4. The molecule has 0 bridgehead atoms. The number of pyridine rings is 1. The highest BCUT2D eigenvalue weighted by molar-refractivity contribution is 5.84. The maximum Gasteiger partial charge on any atom is 0.254 e. The standard InChI is InChI=1S/C22H21N5O2/c1-29-15-5-6-16-14(11-24-19(16)10-15)12-27-9-7-17-20(13-27)25-21(26-22(17)28)18-4-2-3-8-23-18/h2-6,8,10-11,24H,7,9,12-13H2,1H3,(H,25,26,28). The van der Waals surface area contributed by atoms with Gasteiger partial charge in [0.1, 0.15) is 11.4 Å². The number of hydrogen-bond acceptors (Lipinski definition) is 5. The predicted octanol–water partition coefficient (Wildman–Crippen LogP) is 2.88. The topological polar surface area (TPSA) is 86.9 Å². The van der Waals surface area contributed by atoms with Crippen LogP contribution in [0, 0.1) is 0 Å². The van der Waals surface area contributed by atoms with Gasteiger partial charge in [-0.05, 0) is 36.2 Å². The van der Waals surface area contributed by atoms with E-state index in [2.05, 4.69) is 25.9 Å². The molecular weight excluding hydrogens is 366 g/mol. The van der Waals surface area contributed by atoms with Gasteiger partial charge in [-0.2, -0.15) is 0 Å². The van der Waals surface area contributed by atoms with Crippen molar-refractivity contribution < 1.29 is 4.74 Å². The summed E-state index contributed by atoms with van der Waals surface area (Å²) in [6.45, 7) is 2.25. The zero-order valence-corrected chi connectivity index (χ0v) is 16.1. The number of aromatic amines is 2. The molecule has 7 nitrogen and oxygen atoms in total. The van der Waals surface area contributed by atoms with Crippen LogP contribution in [0.25, 0.3) is 22.4 Å². The number of hydrogen-bond donors (Lipinski definition) is 2. The first-order valence-electron chi connectivity index (χ1n) is 9.61. The average Bonchev–Trinajstić information content (AvgIpc) is 3.16. The minimum absolute atomic E-state index is 0.0607. The summed E-state index contributed by atoms with van der Waals surface area (Å²) in [6.07, 6.45) is 4.44. The Labute approximate surface area is 167 Å². The van der Waals surface area contributed by atoms with Crippen molar-refractivity contribution in [3.63, 3.8) is 0 Å². The molecule has 0 amide bonds. The molecule has 0 spiro atoms. The van der Waals surface area contributed by atoms with Crippen LogP contribution in [0.5, 0.6) is 5.75 Å². The average molecular weight is 387 g/mol. The summed E-state index contributed by atoms with van der Waals surface area (Å²) in [5, 5.41) is 1.18. The highest BCUT2D eigenvalue weighted by atomic mass is 16.5. The smallest absolute Gasteiger partial charge is 0.254 e. The number of nitrogens with zero attached hydrogens (tertiary/aromatic N) is 3. The van der Waals surface area contributed by atoms with Gasteiger partial charge < -0.3 is 14.7 Å². The van der Waals surface area contributed by atoms with Crippen molar-refractivity contribution in [2.75, 3.05) is 13.7 Å². The van der Waals surface area contributed by atoms with Gasteiger partial charge in [-0.25, -0.2) is 4.98 Å². The van der Waals surface area contributed by atoms with Gasteiger partial charge in [0.15, 0.2) is 5.82 Å². The molecule has 0 radical (unpaired) electrons. The Bertz CT molecular complexity index is 1230. The molecule has 29 heavy (non-hydrogen) atoms. The lowest BCUT2D eigenvalue weighted by Gasteiger charge is -2.27. The number of nitrogens with one attached hydrogen (secondary N) is 2. The molecule has 1 aliphatic rings. The van der Waals surface area contributed by atoms with E-state index in [-0.39, 0.29) is 5.56 Å². The van der Waals surface area contributed by atoms with Crippen LogP contribution in [0.4, 0.5) is 0 Å². The molecule has 7 heteroatoms. The molecule has 0 saturated heterocycles. The van der Waals surface area contributed by atoms with Gasteiger partial charge in [-0.3, -0.25) is 14.7 Å². The second kappa shape index (κ2) is 7.18. The summed E-state index contributed by atoms with van der Waals surface area (Å²) in [5.41, 5.74) is 4.51. The monoisotopic (exact) mass is 387 g/mol. The lowest BCUT2D eigenvalue weighted by molar-refractivity contribution is 0.241. The summed E-state index contributed by atoms with van der Waals surface area (Å²) in [4.78, 5) is 30.1. The minimum atomic E-state index is -0.0607. The van der Waals surface area contributed by atoms with Crippen LogP contribution in [0.15, 0.2) is 53.6 Å². The summed E-state index contributed by atoms with van der Waals surface area (Å²) in [7, 11) is 1.67. The van der Waals surface area contributed by atoms with Crippen LogP contribution < -0.4 is 10.3 Å². The number of benzene rings is 1. The Morgan fingerprint density at radius 3 is 3.00 bits per heavy atom. The molecule has 4 aromatic rings.